The number of hydrogen-bond donors (Lipinski definition) is 0. The molecular formula is C31H36N2O2S2. The molecule has 2 aliphatic rings. The summed E-state index contributed by atoms with van der Waals surface area (Å²) < 4.78 is 3.16. The highest BCUT2D eigenvalue weighted by atomic mass is 32.2. The van der Waals surface area contributed by atoms with Gasteiger partial charge in [0.15, 0.2) is 5.78 Å². The third kappa shape index (κ3) is 3.21. The maximum absolute atomic E-state index is 14.1. The largest absolute Gasteiger partial charge is 0.337 e. The molecule has 1 aliphatic heterocycles. The molecule has 2 heterocycles. The van der Waals surface area contributed by atoms with Crippen LogP contribution < -0.4 is 19.7 Å². The minimum absolute atomic E-state index is 0.0428. The highest BCUT2D eigenvalue weighted by molar-refractivity contribution is 8.08. The van der Waals surface area contributed by atoms with Crippen molar-refractivity contribution in [1.29, 1.82) is 0 Å². The minimum Gasteiger partial charge on any atom is -0.337 e. The standard InChI is InChI=1S/C31H36N2O2S2/c1-13-14(2)18(6)22-21(17(13)5)25(34)23(31(22,9)10)29-33(12)28(35)27(37-29)30-32(11)24-19(7)15(3)16(4)20(8)26(24)36-30/h1-12H3/b29-23+,30-27+. The number of carbonyl (C=O) groups is 1. The molecule has 6 heteroatoms. The van der Waals surface area contributed by atoms with Gasteiger partial charge in [0.05, 0.1) is 5.69 Å². The zero-order valence-corrected chi connectivity index (χ0v) is 25.7. The number of rotatable bonds is 0. The predicted molar refractivity (Wildman–Crippen MR) is 158 cm³/mol. The van der Waals surface area contributed by atoms with Crippen LogP contribution in [0, 0.1) is 55.4 Å². The molecule has 3 aromatic rings. The lowest BCUT2D eigenvalue weighted by molar-refractivity contribution is 0.105. The highest BCUT2D eigenvalue weighted by Gasteiger charge is 2.45. The van der Waals surface area contributed by atoms with Gasteiger partial charge >= 0.3 is 0 Å². The average Bonchev–Trinajstić information content (AvgIpc) is 3.40. The fourth-order valence-corrected chi connectivity index (χ4v) is 9.19. The lowest BCUT2D eigenvalue weighted by Crippen LogP contribution is -2.34. The van der Waals surface area contributed by atoms with Crippen LogP contribution in [-0.4, -0.2) is 17.4 Å². The summed E-state index contributed by atoms with van der Waals surface area (Å²) in [7, 11) is 3.87. The summed E-state index contributed by atoms with van der Waals surface area (Å²) in [6, 6.07) is 0. The molecule has 0 fully saturated rings. The van der Waals surface area contributed by atoms with E-state index in [-0.39, 0.29) is 11.3 Å². The Hall–Kier alpha value is -2.57. The Morgan fingerprint density at radius 3 is 1.86 bits per heavy atom. The van der Waals surface area contributed by atoms with Gasteiger partial charge in [-0.25, -0.2) is 0 Å². The lowest BCUT2D eigenvalue weighted by Gasteiger charge is -2.24. The number of aromatic nitrogens is 1. The van der Waals surface area contributed by atoms with E-state index in [1.54, 1.807) is 16.3 Å². The Kier molecular flexibility index (Phi) is 5.78. The van der Waals surface area contributed by atoms with Gasteiger partial charge in [-0.2, -0.15) is 0 Å². The van der Waals surface area contributed by atoms with Crippen molar-refractivity contribution in [2.24, 2.45) is 7.05 Å². The maximum Gasteiger partial charge on any atom is 0.271 e. The first-order valence-electron chi connectivity index (χ1n) is 12.8. The average molecular weight is 533 g/mol. The van der Waals surface area contributed by atoms with Gasteiger partial charge in [0.25, 0.3) is 5.56 Å². The fourth-order valence-electron chi connectivity index (χ4n) is 6.34. The van der Waals surface area contributed by atoms with Crippen molar-refractivity contribution in [2.75, 3.05) is 11.9 Å². The first-order valence-corrected chi connectivity index (χ1v) is 14.4. The first-order chi connectivity index (χ1) is 17.1. The summed E-state index contributed by atoms with van der Waals surface area (Å²) in [6.45, 7) is 21.4. The summed E-state index contributed by atoms with van der Waals surface area (Å²) in [6.07, 6.45) is 0. The summed E-state index contributed by atoms with van der Waals surface area (Å²) in [5, 5.41) is 0.948. The van der Waals surface area contributed by atoms with E-state index in [1.807, 2.05) is 7.05 Å². The molecule has 2 aromatic carbocycles. The van der Waals surface area contributed by atoms with Gasteiger partial charge in [0.2, 0.25) is 0 Å². The zero-order valence-electron chi connectivity index (χ0n) is 24.0. The van der Waals surface area contributed by atoms with Crippen LogP contribution in [0.15, 0.2) is 9.69 Å². The molecule has 0 radical (unpaired) electrons. The van der Waals surface area contributed by atoms with Crippen molar-refractivity contribution in [1.82, 2.24) is 4.57 Å². The van der Waals surface area contributed by atoms with E-state index >= 15 is 0 Å². The Morgan fingerprint density at radius 2 is 1.24 bits per heavy atom. The maximum atomic E-state index is 14.1. The molecule has 194 valence electrons. The second-order valence-electron chi connectivity index (χ2n) is 11.3. The summed E-state index contributed by atoms with van der Waals surface area (Å²) in [5.74, 6) is 0.0609. The third-order valence-corrected chi connectivity index (χ3v) is 12.0. The molecule has 5 rings (SSSR count). The molecule has 0 saturated heterocycles. The third-order valence-electron chi connectivity index (χ3n) is 9.24. The van der Waals surface area contributed by atoms with Crippen molar-refractivity contribution < 1.29 is 4.79 Å². The molecule has 0 bridgehead atoms. The number of fused-ring (bicyclic) bond motifs is 2. The number of ketones is 1. The Bertz CT molecular complexity index is 1770. The lowest BCUT2D eigenvalue weighted by atomic mass is 9.78. The van der Waals surface area contributed by atoms with E-state index in [0.717, 1.165) is 32.0 Å². The molecule has 0 N–H and O–H groups in total. The number of Topliss-reactive ketones (excluding diaryl/α,β-unsaturated/α-hetero) is 1. The summed E-state index contributed by atoms with van der Waals surface area (Å²) in [5.41, 5.74) is 13.1. The SMILES string of the molecule is Cc1c(C)c(C)c2c(c1C)S/C(=c1/s/c(=C3\C(=O)c4c(C)c(C)c(C)c(C)c4C3(C)C)n(C)c1=O)N2C. The second-order valence-corrected chi connectivity index (χ2v) is 13.3. The molecule has 0 saturated carbocycles. The van der Waals surface area contributed by atoms with Crippen LogP contribution in [0.5, 0.6) is 0 Å². The van der Waals surface area contributed by atoms with E-state index in [4.69, 9.17) is 0 Å². The van der Waals surface area contributed by atoms with Crippen LogP contribution in [0.3, 0.4) is 0 Å². The Morgan fingerprint density at radius 1 is 0.703 bits per heavy atom. The molecule has 0 unspecified atom stereocenters. The van der Waals surface area contributed by atoms with Crippen molar-refractivity contribution >= 4 is 45.2 Å². The minimum atomic E-state index is -0.490. The van der Waals surface area contributed by atoms with Crippen LogP contribution in [0.2, 0.25) is 0 Å². The molecular weight excluding hydrogens is 496 g/mol. The van der Waals surface area contributed by atoms with Crippen molar-refractivity contribution in [3.8, 4) is 0 Å². The number of anilines is 1. The van der Waals surface area contributed by atoms with Crippen LogP contribution >= 0.6 is 23.1 Å². The number of nitrogens with zero attached hydrogens (tertiary/aromatic N) is 2. The number of thiazole rings is 1. The van der Waals surface area contributed by atoms with Crippen molar-refractivity contribution in [3.05, 3.63) is 75.2 Å². The number of hydrogen-bond acceptors (Lipinski definition) is 5. The Balaban J connectivity index is 1.85. The molecule has 0 atom stereocenters. The van der Waals surface area contributed by atoms with E-state index in [0.29, 0.717) is 4.53 Å². The van der Waals surface area contributed by atoms with Crippen molar-refractivity contribution in [3.63, 3.8) is 0 Å². The van der Waals surface area contributed by atoms with E-state index in [1.165, 1.54) is 60.9 Å². The molecule has 1 aromatic heterocycles. The highest BCUT2D eigenvalue weighted by Crippen LogP contribution is 2.51. The van der Waals surface area contributed by atoms with Crippen LogP contribution in [-0.2, 0) is 12.5 Å². The summed E-state index contributed by atoms with van der Waals surface area (Å²) >= 11 is 3.15. The van der Waals surface area contributed by atoms with Crippen LogP contribution in [0.4, 0.5) is 5.69 Å². The molecule has 1 aliphatic carbocycles. The topological polar surface area (TPSA) is 42.3 Å². The number of thioether (sulfide) groups is 1. The normalized spacial score (nSPS) is 19.1. The summed E-state index contributed by atoms with van der Waals surface area (Å²) in [4.78, 5) is 31.2. The molecule has 0 spiro atoms. The van der Waals surface area contributed by atoms with Gasteiger partial charge in [-0.15, -0.1) is 11.3 Å². The second kappa shape index (κ2) is 8.21. The van der Waals surface area contributed by atoms with Crippen LogP contribution in [0.1, 0.15) is 74.3 Å². The van der Waals surface area contributed by atoms with E-state index in [2.05, 4.69) is 81.2 Å². The van der Waals surface area contributed by atoms with E-state index in [9.17, 15) is 9.59 Å². The van der Waals surface area contributed by atoms with Gasteiger partial charge in [-0.1, -0.05) is 25.6 Å². The molecule has 37 heavy (non-hydrogen) atoms. The van der Waals surface area contributed by atoms with Gasteiger partial charge in [0.1, 0.15) is 14.2 Å². The van der Waals surface area contributed by atoms with Gasteiger partial charge in [0, 0.05) is 35.5 Å². The van der Waals surface area contributed by atoms with Gasteiger partial charge in [-0.05, 0) is 105 Å². The molecule has 4 nitrogen and oxygen atoms in total. The van der Waals surface area contributed by atoms with Crippen molar-refractivity contribution in [2.45, 2.75) is 79.5 Å². The predicted octanol–water partition coefficient (Wildman–Crippen LogP) is 5.55. The smallest absolute Gasteiger partial charge is 0.271 e. The van der Waals surface area contributed by atoms with E-state index < -0.39 is 5.41 Å². The number of benzene rings is 2. The number of carbonyl (C=O) groups excluding carboxylic acids is 1. The zero-order chi connectivity index (χ0) is 27.5. The van der Waals surface area contributed by atoms with Gasteiger partial charge in [-0.3, -0.25) is 9.59 Å². The molecule has 0 amide bonds. The monoisotopic (exact) mass is 532 g/mol. The quantitative estimate of drug-likeness (QED) is 0.381. The Labute approximate surface area is 227 Å². The first kappa shape index (κ1) is 26.1. The fraction of sp³-hybridized carbons (Fsp3) is 0.419. The van der Waals surface area contributed by atoms with Crippen LogP contribution in [0.25, 0.3) is 10.6 Å². The van der Waals surface area contributed by atoms with Gasteiger partial charge < -0.3 is 9.47 Å².